The number of nitrogen functional groups attached to an aromatic ring is 1. The summed E-state index contributed by atoms with van der Waals surface area (Å²) in [6.45, 7) is 3.87. The molecule has 0 saturated carbocycles. The van der Waals surface area contributed by atoms with Gasteiger partial charge in [-0.25, -0.2) is 9.88 Å². The van der Waals surface area contributed by atoms with Crippen LogP contribution in [0.1, 0.15) is 28.7 Å². The average Bonchev–Trinajstić information content (AvgIpc) is 3.07. The minimum Gasteiger partial charge on any atom is -0.286 e. The van der Waals surface area contributed by atoms with Gasteiger partial charge in [-0.05, 0) is 31.5 Å². The molecule has 1 aliphatic heterocycles. The van der Waals surface area contributed by atoms with E-state index in [1.165, 1.54) is 4.90 Å². The summed E-state index contributed by atoms with van der Waals surface area (Å²) in [5.41, 5.74) is 10.2. The van der Waals surface area contributed by atoms with Crippen LogP contribution in [0.15, 0.2) is 53.6 Å². The largest absolute Gasteiger partial charge is 0.289 e. The number of benzene rings is 2. The molecule has 0 bridgehead atoms. The van der Waals surface area contributed by atoms with Crippen molar-refractivity contribution in [3.8, 4) is 23.3 Å². The summed E-state index contributed by atoms with van der Waals surface area (Å²) in [6, 6.07) is 18.8. The summed E-state index contributed by atoms with van der Waals surface area (Å²) in [5.74, 6) is -0.562. The van der Waals surface area contributed by atoms with Crippen LogP contribution in [0.5, 0.6) is 0 Å². The normalized spacial score (nSPS) is 15.4. The van der Waals surface area contributed by atoms with E-state index in [2.05, 4.69) is 17.1 Å². The lowest BCUT2D eigenvalue weighted by Gasteiger charge is -2.15. The molecule has 1 aromatic heterocycles. The Kier molecular flexibility index (Phi) is 5.87. The lowest BCUT2D eigenvalue weighted by molar-refractivity contribution is -0.410. The average molecular weight is 455 g/mol. The molecule has 1 atom stereocenters. The van der Waals surface area contributed by atoms with Gasteiger partial charge in [-0.15, -0.1) is 0 Å². The summed E-state index contributed by atoms with van der Waals surface area (Å²) < 4.78 is 0. The van der Waals surface area contributed by atoms with Gasteiger partial charge in [0.15, 0.2) is 5.03 Å². The Morgan fingerprint density at radius 1 is 0.970 bits per heavy atom. The van der Waals surface area contributed by atoms with Crippen molar-refractivity contribution >= 4 is 35.1 Å². The molecule has 0 radical (unpaired) electrons. The number of nitrogens with two attached hydrogens (primary N) is 1. The monoisotopic (exact) mass is 454 g/mol. The van der Waals surface area contributed by atoms with E-state index in [-0.39, 0.29) is 35.2 Å². The molecule has 3 aromatic rings. The van der Waals surface area contributed by atoms with Gasteiger partial charge in [0.2, 0.25) is 11.8 Å². The van der Waals surface area contributed by atoms with E-state index in [9.17, 15) is 20.1 Å². The quantitative estimate of drug-likeness (QED) is 0.601. The third kappa shape index (κ3) is 4.05. The maximum atomic E-state index is 13.1. The number of aromatic nitrogens is 1. The second kappa shape index (κ2) is 8.78. The molecule has 3 N–H and O–H groups in total. The zero-order chi connectivity index (χ0) is 23.7. The number of pyridine rings is 1. The Morgan fingerprint density at radius 2 is 1.55 bits per heavy atom. The topological polar surface area (TPSA) is 125 Å². The molecule has 2 aromatic carbocycles. The van der Waals surface area contributed by atoms with Gasteiger partial charge in [-0.1, -0.05) is 59.3 Å². The van der Waals surface area contributed by atoms with Crippen LogP contribution in [-0.2, 0) is 9.59 Å². The number of aryl methyl sites for hydroxylation is 2. The van der Waals surface area contributed by atoms with Crippen molar-refractivity contribution in [1.82, 2.24) is 0 Å². The molecule has 0 aliphatic carbocycles. The van der Waals surface area contributed by atoms with E-state index in [0.29, 0.717) is 21.8 Å². The predicted molar refractivity (Wildman–Crippen MR) is 125 cm³/mol. The fourth-order valence-electron chi connectivity index (χ4n) is 3.74. The first-order chi connectivity index (χ1) is 15.8. The number of rotatable bonds is 4. The van der Waals surface area contributed by atoms with Crippen LogP contribution in [-0.4, -0.2) is 17.1 Å². The summed E-state index contributed by atoms with van der Waals surface area (Å²) in [6.07, 6.45) is -0.00411. The molecule has 0 unspecified atom stereocenters. The van der Waals surface area contributed by atoms with E-state index in [0.717, 1.165) is 22.9 Å². The van der Waals surface area contributed by atoms with Crippen LogP contribution in [0, 0.1) is 36.5 Å². The summed E-state index contributed by atoms with van der Waals surface area (Å²) in [4.78, 5) is 29.9. The lowest BCUT2D eigenvalue weighted by atomic mass is 9.96. The van der Waals surface area contributed by atoms with Crippen molar-refractivity contribution in [2.75, 3.05) is 10.6 Å². The summed E-state index contributed by atoms with van der Waals surface area (Å²) in [5, 5.41) is 19.3. The van der Waals surface area contributed by atoms with Gasteiger partial charge in [-0.2, -0.15) is 10.5 Å². The second-order valence-electron chi connectivity index (χ2n) is 7.80. The third-order valence-corrected chi connectivity index (χ3v) is 6.66. The van der Waals surface area contributed by atoms with Crippen molar-refractivity contribution in [1.29, 1.82) is 10.5 Å². The van der Waals surface area contributed by atoms with Gasteiger partial charge >= 0.3 is 0 Å². The summed E-state index contributed by atoms with van der Waals surface area (Å²) in [7, 11) is 0. The first kappa shape index (κ1) is 22.1. The molecule has 7 nitrogen and oxygen atoms in total. The number of carbonyl (C=O) groups is 2. The van der Waals surface area contributed by atoms with Crippen LogP contribution in [0.3, 0.4) is 0 Å². The number of anilines is 2. The number of nitriles is 2. The number of amides is 2. The molecule has 0 spiro atoms. The maximum Gasteiger partial charge on any atom is 0.289 e. The lowest BCUT2D eigenvalue weighted by Crippen LogP contribution is -2.31. The van der Waals surface area contributed by atoms with Crippen molar-refractivity contribution in [3.05, 3.63) is 70.8 Å². The van der Waals surface area contributed by atoms with Gasteiger partial charge < -0.3 is 0 Å². The van der Waals surface area contributed by atoms with Gasteiger partial charge in [0.1, 0.15) is 28.5 Å². The maximum absolute atomic E-state index is 13.1. The molecule has 1 fully saturated rings. The van der Waals surface area contributed by atoms with Gasteiger partial charge in [0.25, 0.3) is 5.82 Å². The number of thioether (sulfide) groups is 1. The number of aromatic amines is 1. The molecule has 1 saturated heterocycles. The van der Waals surface area contributed by atoms with Crippen molar-refractivity contribution < 1.29 is 14.6 Å². The van der Waals surface area contributed by atoms with Gasteiger partial charge in [0, 0.05) is 12.0 Å². The molecular formula is C25H20N5O2S+. The summed E-state index contributed by atoms with van der Waals surface area (Å²) >= 11 is 1.08. The minimum atomic E-state index is -0.722. The number of hydrogen-bond donors (Lipinski definition) is 1. The zero-order valence-corrected chi connectivity index (χ0v) is 18.9. The Bertz CT molecular complexity index is 1350. The van der Waals surface area contributed by atoms with Crippen LogP contribution < -0.4 is 15.6 Å². The molecule has 2 heterocycles. The highest BCUT2D eigenvalue weighted by atomic mass is 32.2. The number of H-pyrrole nitrogens is 1. The Balaban J connectivity index is 1.74. The molecule has 4 rings (SSSR count). The van der Waals surface area contributed by atoms with Crippen LogP contribution in [0.4, 0.5) is 11.5 Å². The highest BCUT2D eigenvalue weighted by Crippen LogP contribution is 2.38. The molecule has 33 heavy (non-hydrogen) atoms. The van der Waals surface area contributed by atoms with E-state index in [1.807, 2.05) is 50.2 Å². The minimum absolute atomic E-state index is 0.00411. The molecule has 2 amide bonds. The number of hydrogen-bond acceptors (Lipinski definition) is 6. The first-order valence-corrected chi connectivity index (χ1v) is 11.1. The number of imide groups is 1. The standard InChI is InChI=1S/C25H19N5O2S/c1-14-3-7-16(8-4-14)22-18(12-26)23(28)29-24(19(22)13-27)33-20-11-21(31)30(25(20)32)17-9-5-15(2)6-10-17/h3-10,20H,11H2,1-2H3,(H2,28,29)/p+1/t20-/m0/s1. The zero-order valence-electron chi connectivity index (χ0n) is 18.0. The molecule has 8 heteroatoms. The molecular weight excluding hydrogens is 434 g/mol. The van der Waals surface area contributed by atoms with Crippen molar-refractivity contribution in [3.63, 3.8) is 0 Å². The van der Waals surface area contributed by atoms with Crippen molar-refractivity contribution in [2.45, 2.75) is 30.5 Å². The van der Waals surface area contributed by atoms with E-state index in [4.69, 9.17) is 5.73 Å². The Hall–Kier alpha value is -4.14. The smallest absolute Gasteiger partial charge is 0.286 e. The second-order valence-corrected chi connectivity index (χ2v) is 9.01. The van der Waals surface area contributed by atoms with Gasteiger partial charge in [-0.3, -0.25) is 15.3 Å². The Morgan fingerprint density at radius 3 is 2.12 bits per heavy atom. The van der Waals surface area contributed by atoms with Crippen LogP contribution in [0.25, 0.3) is 11.1 Å². The first-order valence-electron chi connectivity index (χ1n) is 10.2. The highest BCUT2D eigenvalue weighted by Gasteiger charge is 2.41. The Labute approximate surface area is 195 Å². The molecule has 1 aliphatic rings. The van der Waals surface area contributed by atoms with E-state index >= 15 is 0 Å². The third-order valence-electron chi connectivity index (χ3n) is 5.47. The fraction of sp³-hybridized carbons (Fsp3) is 0.160. The van der Waals surface area contributed by atoms with Crippen molar-refractivity contribution in [2.24, 2.45) is 0 Å². The van der Waals surface area contributed by atoms with Crippen LogP contribution >= 0.6 is 11.8 Å². The van der Waals surface area contributed by atoms with Crippen LogP contribution in [0.2, 0.25) is 0 Å². The SMILES string of the molecule is Cc1ccc(-c2c(C#N)c(N)[nH+]c(S[C@H]3CC(=O)N(c4ccc(C)cc4)C3=O)c2C#N)cc1. The number of carbonyl (C=O) groups excluding carboxylic acids is 2. The number of nitrogens with one attached hydrogen (secondary N) is 1. The van der Waals surface area contributed by atoms with E-state index < -0.39 is 5.25 Å². The fourth-order valence-corrected chi connectivity index (χ4v) is 4.90. The van der Waals surface area contributed by atoms with E-state index in [1.54, 1.807) is 12.1 Å². The highest BCUT2D eigenvalue weighted by molar-refractivity contribution is 8.00. The molecule has 162 valence electrons. The predicted octanol–water partition coefficient (Wildman–Crippen LogP) is 3.53. The number of nitrogens with zero attached hydrogens (tertiary/aromatic N) is 3. The van der Waals surface area contributed by atoms with Gasteiger partial charge in [0.05, 0.1) is 5.69 Å².